The van der Waals surface area contributed by atoms with E-state index >= 15 is 0 Å². The number of hydrogen-bond donors (Lipinski definition) is 3. The first kappa shape index (κ1) is 20.1. The molecule has 4 rings (SSSR count). The molecule has 3 N–H and O–H groups in total. The van der Waals surface area contributed by atoms with Crippen molar-refractivity contribution in [3.05, 3.63) is 71.0 Å². The van der Waals surface area contributed by atoms with Gasteiger partial charge in [0, 0.05) is 19.0 Å². The van der Waals surface area contributed by atoms with Crippen LogP contribution in [0, 0.1) is 5.82 Å². The average molecular weight is 411 g/mol. The summed E-state index contributed by atoms with van der Waals surface area (Å²) in [6.07, 6.45) is 4.21. The Bertz CT molecular complexity index is 992. The molecule has 1 unspecified atom stereocenters. The van der Waals surface area contributed by atoms with Crippen molar-refractivity contribution in [1.29, 1.82) is 0 Å². The quantitative estimate of drug-likeness (QED) is 0.409. The summed E-state index contributed by atoms with van der Waals surface area (Å²) in [5.41, 5.74) is 2.73. The first-order valence-corrected chi connectivity index (χ1v) is 9.71. The van der Waals surface area contributed by atoms with Gasteiger partial charge in [-0.2, -0.15) is 0 Å². The number of rotatable bonds is 4. The van der Waals surface area contributed by atoms with E-state index in [2.05, 4.69) is 10.2 Å². The molecule has 2 amide bonds. The van der Waals surface area contributed by atoms with Gasteiger partial charge in [-0.3, -0.25) is 19.7 Å². The number of fused-ring (bicyclic) bond motifs is 1. The normalized spacial score (nSPS) is 21.2. The third-order valence-corrected chi connectivity index (χ3v) is 5.29. The molecule has 0 saturated carbocycles. The standard InChI is InChI=1S/C22H22FN3O4/c23-17-6-2-16(3-7-17)13-26-11-1-10-22(14-26)24-21(28)18-12-15(4-8-19(18)30-22)5-9-20(27)25-29/h2-9,12,29H,1,10-11,13-14H2,(H,24,28)(H,25,27). The fourth-order valence-electron chi connectivity index (χ4n) is 3.91. The highest BCUT2D eigenvalue weighted by molar-refractivity contribution is 5.99. The Morgan fingerprint density at radius 3 is 2.87 bits per heavy atom. The number of nitrogens with zero attached hydrogens (tertiary/aromatic N) is 1. The predicted octanol–water partition coefficient (Wildman–Crippen LogP) is 2.46. The fraction of sp³-hybridized carbons (Fsp3) is 0.273. The zero-order valence-corrected chi connectivity index (χ0v) is 16.2. The van der Waals surface area contributed by atoms with Crippen LogP contribution in [-0.2, 0) is 11.3 Å². The molecule has 2 aliphatic heterocycles. The van der Waals surface area contributed by atoms with Crippen molar-refractivity contribution in [3.8, 4) is 5.75 Å². The SMILES string of the molecule is O=C(C=Cc1ccc2c(c1)C(=O)NC1(CCCN(Cc3ccc(F)cc3)C1)O2)NO. The van der Waals surface area contributed by atoms with Crippen LogP contribution >= 0.6 is 0 Å². The number of hydroxylamine groups is 1. The van der Waals surface area contributed by atoms with Crippen LogP contribution in [0.25, 0.3) is 6.08 Å². The molecule has 2 aromatic rings. The Kier molecular flexibility index (Phi) is 5.52. The molecular formula is C22H22FN3O4. The summed E-state index contributed by atoms with van der Waals surface area (Å²) < 4.78 is 19.4. The van der Waals surface area contributed by atoms with Crippen LogP contribution < -0.4 is 15.5 Å². The molecule has 2 aliphatic rings. The first-order valence-electron chi connectivity index (χ1n) is 9.71. The zero-order chi connectivity index (χ0) is 21.1. The number of likely N-dealkylation sites (tertiary alicyclic amines) is 1. The van der Waals surface area contributed by atoms with Gasteiger partial charge in [-0.1, -0.05) is 18.2 Å². The van der Waals surface area contributed by atoms with Gasteiger partial charge >= 0.3 is 0 Å². The van der Waals surface area contributed by atoms with E-state index in [1.165, 1.54) is 29.8 Å². The number of carbonyl (C=O) groups is 2. The second-order valence-corrected chi connectivity index (χ2v) is 7.56. The van der Waals surface area contributed by atoms with Gasteiger partial charge in [0.05, 0.1) is 12.1 Å². The number of hydrogen-bond acceptors (Lipinski definition) is 5. The van der Waals surface area contributed by atoms with Gasteiger partial charge in [0.25, 0.3) is 11.8 Å². The van der Waals surface area contributed by atoms with E-state index < -0.39 is 11.6 Å². The van der Waals surface area contributed by atoms with Crippen molar-refractivity contribution >= 4 is 17.9 Å². The molecule has 0 aliphatic carbocycles. The van der Waals surface area contributed by atoms with E-state index in [1.807, 2.05) is 0 Å². The minimum atomic E-state index is -0.809. The summed E-state index contributed by atoms with van der Waals surface area (Å²) in [6, 6.07) is 11.5. The highest BCUT2D eigenvalue weighted by atomic mass is 19.1. The number of nitrogens with one attached hydrogen (secondary N) is 2. The highest BCUT2D eigenvalue weighted by Crippen LogP contribution is 2.34. The van der Waals surface area contributed by atoms with Crippen molar-refractivity contribution in [3.63, 3.8) is 0 Å². The first-order chi connectivity index (χ1) is 14.5. The lowest BCUT2D eigenvalue weighted by molar-refractivity contribution is -0.124. The van der Waals surface area contributed by atoms with Crippen molar-refractivity contribution in [2.24, 2.45) is 0 Å². The Morgan fingerprint density at radius 1 is 1.30 bits per heavy atom. The molecule has 2 heterocycles. The topological polar surface area (TPSA) is 90.9 Å². The third-order valence-electron chi connectivity index (χ3n) is 5.29. The summed E-state index contributed by atoms with van der Waals surface area (Å²) >= 11 is 0. The van der Waals surface area contributed by atoms with Crippen LogP contribution in [0.1, 0.15) is 34.3 Å². The Morgan fingerprint density at radius 2 is 2.10 bits per heavy atom. The predicted molar refractivity (Wildman–Crippen MR) is 107 cm³/mol. The summed E-state index contributed by atoms with van der Waals surface area (Å²) in [7, 11) is 0. The lowest BCUT2D eigenvalue weighted by Crippen LogP contribution is -2.63. The maximum absolute atomic E-state index is 13.2. The summed E-state index contributed by atoms with van der Waals surface area (Å²) in [6.45, 7) is 2.03. The third kappa shape index (κ3) is 4.34. The van der Waals surface area contributed by atoms with Crippen molar-refractivity contribution in [1.82, 2.24) is 15.7 Å². The molecule has 1 atom stereocenters. The van der Waals surface area contributed by atoms with E-state index in [-0.39, 0.29) is 11.7 Å². The molecule has 156 valence electrons. The van der Waals surface area contributed by atoms with Gasteiger partial charge in [-0.05, 0) is 54.4 Å². The summed E-state index contributed by atoms with van der Waals surface area (Å²) in [4.78, 5) is 26.1. The van der Waals surface area contributed by atoms with Crippen LogP contribution in [0.5, 0.6) is 5.75 Å². The smallest absolute Gasteiger partial charge is 0.267 e. The van der Waals surface area contributed by atoms with E-state index in [9.17, 15) is 14.0 Å². The second kappa shape index (κ2) is 8.25. The minimum Gasteiger partial charge on any atom is -0.466 e. The number of piperidine rings is 1. The van der Waals surface area contributed by atoms with Gasteiger partial charge in [-0.25, -0.2) is 9.87 Å². The van der Waals surface area contributed by atoms with Gasteiger partial charge in [-0.15, -0.1) is 0 Å². The zero-order valence-electron chi connectivity index (χ0n) is 16.2. The fourth-order valence-corrected chi connectivity index (χ4v) is 3.91. The molecule has 1 saturated heterocycles. The van der Waals surface area contributed by atoms with E-state index in [1.54, 1.807) is 30.3 Å². The van der Waals surface area contributed by atoms with Gasteiger partial charge < -0.3 is 10.1 Å². The number of ether oxygens (including phenoxy) is 1. The molecule has 7 nitrogen and oxygen atoms in total. The molecule has 2 aromatic carbocycles. The van der Waals surface area contributed by atoms with Crippen LogP contribution in [0.15, 0.2) is 48.5 Å². The molecular weight excluding hydrogens is 389 g/mol. The van der Waals surface area contributed by atoms with Crippen LogP contribution in [0.2, 0.25) is 0 Å². The number of halogens is 1. The minimum absolute atomic E-state index is 0.234. The van der Waals surface area contributed by atoms with E-state index in [0.29, 0.717) is 36.4 Å². The van der Waals surface area contributed by atoms with Crippen molar-refractivity contribution in [2.75, 3.05) is 13.1 Å². The lowest BCUT2D eigenvalue weighted by atomic mass is 9.97. The molecule has 1 spiro atoms. The maximum Gasteiger partial charge on any atom is 0.267 e. The van der Waals surface area contributed by atoms with Gasteiger partial charge in [0.1, 0.15) is 11.6 Å². The molecule has 0 radical (unpaired) electrons. The Balaban J connectivity index is 1.50. The molecule has 1 fully saturated rings. The van der Waals surface area contributed by atoms with Crippen LogP contribution in [0.3, 0.4) is 0 Å². The number of carbonyl (C=O) groups excluding carboxylic acids is 2. The molecule has 0 bridgehead atoms. The average Bonchev–Trinajstić information content (AvgIpc) is 2.74. The van der Waals surface area contributed by atoms with Crippen LogP contribution in [-0.4, -0.2) is 40.7 Å². The van der Waals surface area contributed by atoms with E-state index in [0.717, 1.165) is 18.5 Å². The van der Waals surface area contributed by atoms with Crippen molar-refractivity contribution < 1.29 is 23.9 Å². The second-order valence-electron chi connectivity index (χ2n) is 7.56. The molecule has 8 heteroatoms. The summed E-state index contributed by atoms with van der Waals surface area (Å²) in [5, 5.41) is 11.6. The monoisotopic (exact) mass is 411 g/mol. The maximum atomic E-state index is 13.2. The highest BCUT2D eigenvalue weighted by Gasteiger charge is 2.43. The van der Waals surface area contributed by atoms with Crippen LogP contribution in [0.4, 0.5) is 4.39 Å². The van der Waals surface area contributed by atoms with Crippen molar-refractivity contribution in [2.45, 2.75) is 25.1 Å². The lowest BCUT2D eigenvalue weighted by Gasteiger charge is -2.45. The Hall–Kier alpha value is -3.23. The molecule has 30 heavy (non-hydrogen) atoms. The van der Waals surface area contributed by atoms with Gasteiger partial charge in [0.15, 0.2) is 5.72 Å². The summed E-state index contributed by atoms with van der Waals surface area (Å²) in [5.74, 6) is -0.664. The Labute approximate surface area is 173 Å². The number of amides is 2. The van der Waals surface area contributed by atoms with E-state index in [4.69, 9.17) is 9.94 Å². The number of benzene rings is 2. The van der Waals surface area contributed by atoms with Gasteiger partial charge in [0.2, 0.25) is 0 Å². The molecule has 0 aromatic heterocycles. The largest absolute Gasteiger partial charge is 0.466 e.